The van der Waals surface area contributed by atoms with Crippen LogP contribution in [-0.4, -0.2) is 10.8 Å². The van der Waals surface area contributed by atoms with E-state index in [0.717, 1.165) is 10.8 Å². The highest BCUT2D eigenvalue weighted by Crippen LogP contribution is 2.20. The fourth-order valence-corrected chi connectivity index (χ4v) is 0.814. The lowest BCUT2D eigenvalue weighted by molar-refractivity contribution is -0.511. The van der Waals surface area contributed by atoms with Gasteiger partial charge in [0.1, 0.15) is 10.8 Å². The third kappa shape index (κ3) is 0.569. The first-order valence-corrected chi connectivity index (χ1v) is 2.80. The van der Waals surface area contributed by atoms with E-state index in [1.54, 1.807) is 0 Å². The summed E-state index contributed by atoms with van der Waals surface area (Å²) in [6.45, 7) is 4.47. The van der Waals surface area contributed by atoms with E-state index in [-0.39, 0.29) is 0 Å². The number of rotatable bonds is 0. The Bertz CT molecular complexity index is 36.9. The summed E-state index contributed by atoms with van der Waals surface area (Å²) in [7, 11) is 2.43. The van der Waals surface area contributed by atoms with Gasteiger partial charge in [-0.3, -0.25) is 0 Å². The molecule has 1 heteroatoms. The van der Waals surface area contributed by atoms with Gasteiger partial charge in [-0.05, 0) is 13.8 Å². The van der Waals surface area contributed by atoms with Crippen molar-refractivity contribution in [1.29, 1.82) is 0 Å². The molecule has 30 valence electrons. The minimum absolute atomic E-state index is 0.912. The molecule has 5 heavy (non-hydrogen) atoms. The quantitative estimate of drug-likeness (QED) is 0.388. The second-order valence-electron chi connectivity index (χ2n) is 1.48. The fourth-order valence-electron chi connectivity index (χ4n) is 0.271. The van der Waals surface area contributed by atoms with Gasteiger partial charge in [0, 0.05) is 0 Å². The maximum Gasteiger partial charge on any atom is 0.236 e. The first-order valence-electron chi connectivity index (χ1n) is 1.92. The predicted octanol–water partition coefficient (Wildman–Crippen LogP) is 0.862. The Hall–Kier alpha value is 0.290. The Morgan fingerprint density at radius 3 is 1.40 bits per heavy atom. The third-order valence-electron chi connectivity index (χ3n) is 0.963. The first kappa shape index (κ1) is 3.48. The molecule has 0 spiro atoms. The Morgan fingerprint density at radius 2 is 1.40 bits per heavy atom. The van der Waals surface area contributed by atoms with E-state index in [1.807, 2.05) is 0 Å². The topological polar surface area (TPSA) is 0 Å². The van der Waals surface area contributed by atoms with Crippen LogP contribution in [0.2, 0.25) is 0 Å². The van der Waals surface area contributed by atoms with Gasteiger partial charge in [0.15, 0.2) is 0 Å². The van der Waals surface area contributed by atoms with Crippen LogP contribution in [0.1, 0.15) is 13.8 Å². The van der Waals surface area contributed by atoms with Crippen LogP contribution in [0.5, 0.6) is 0 Å². The number of halogens is 1. The molecule has 1 heterocycles. The third-order valence-corrected chi connectivity index (χ3v) is 2.22. The number of hydrogen-bond donors (Lipinski definition) is 0. The second-order valence-corrected chi connectivity index (χ2v) is 3.11. The molecule has 1 fully saturated rings. The summed E-state index contributed by atoms with van der Waals surface area (Å²) in [5.74, 6) is 0. The minimum Gasteiger partial charge on any atom is -0.00100 e. The summed E-state index contributed by atoms with van der Waals surface area (Å²) in [6, 6.07) is 0. The molecule has 0 bridgehead atoms. The van der Waals surface area contributed by atoms with E-state index in [4.69, 9.17) is 0 Å². The summed E-state index contributed by atoms with van der Waals surface area (Å²) in [5.41, 5.74) is 0. The van der Waals surface area contributed by atoms with Crippen LogP contribution >= 0.6 is 0 Å². The Labute approximate surface area is 36.3 Å². The summed E-state index contributed by atoms with van der Waals surface area (Å²) in [6.07, 6.45) is 0. The molecule has 0 aromatic rings. The molecule has 2 atom stereocenters. The molecule has 0 aromatic heterocycles. The summed E-state index contributed by atoms with van der Waals surface area (Å²) in [4.78, 5) is 0. The van der Waals surface area contributed by atoms with Gasteiger partial charge in [-0.1, -0.05) is 0 Å². The van der Waals surface area contributed by atoms with Crippen LogP contribution in [0, 0.1) is 10.8 Å². The number of alkyl halides is 2. The molecule has 0 N–H and O–H groups in total. The molecule has 1 saturated heterocycles. The van der Waals surface area contributed by atoms with Crippen molar-refractivity contribution in [3.8, 4) is 0 Å². The van der Waals surface area contributed by atoms with Crippen LogP contribution in [0.15, 0.2) is 0 Å². The zero-order valence-corrected chi connectivity index (χ0v) is 4.29. The number of hydrogen-bond acceptors (Lipinski definition) is 0. The van der Waals surface area contributed by atoms with Crippen LogP contribution in [-0.2, 0) is 0 Å². The summed E-state index contributed by atoms with van der Waals surface area (Å²) < 4.78 is 0. The van der Waals surface area contributed by atoms with Gasteiger partial charge in [-0.25, -0.2) is 0 Å². The standard InChI is InChI=1S/C4H8Cl/c1-3-4(2)5-3/h3-4H,1-2H3/q+1. The Balaban J connectivity index is 2.20. The molecule has 2 unspecified atom stereocenters. The SMILES string of the molecule is CC1[Cl+]C1C. The van der Waals surface area contributed by atoms with Crippen LogP contribution < -0.4 is 0 Å². The average Bonchev–Trinajstić information content (AvgIpc) is 1.79. The molecule has 0 aliphatic carbocycles. The second kappa shape index (κ2) is 0.874. The molecule has 1 aliphatic heterocycles. The Morgan fingerprint density at radius 1 is 1.20 bits per heavy atom. The summed E-state index contributed by atoms with van der Waals surface area (Å²) in [5, 5.41) is 1.82. The molecule has 1 aliphatic rings. The highest BCUT2D eigenvalue weighted by atomic mass is 35.5. The van der Waals surface area contributed by atoms with Crippen molar-refractivity contribution in [3.63, 3.8) is 0 Å². The van der Waals surface area contributed by atoms with Crippen molar-refractivity contribution in [2.45, 2.75) is 24.6 Å². The lowest BCUT2D eigenvalue weighted by Gasteiger charge is -1.45. The van der Waals surface area contributed by atoms with E-state index in [0.29, 0.717) is 0 Å². The highest BCUT2D eigenvalue weighted by molar-refractivity contribution is 4.63. The van der Waals surface area contributed by atoms with Gasteiger partial charge in [-0.2, -0.15) is 0 Å². The predicted molar refractivity (Wildman–Crippen MR) is 18.9 cm³/mol. The normalized spacial score (nSPS) is 49.2. The highest BCUT2D eigenvalue weighted by Gasteiger charge is 2.49. The lowest BCUT2D eigenvalue weighted by atomic mass is 10.4. The monoisotopic (exact) mass is 91.0 g/mol. The van der Waals surface area contributed by atoms with Gasteiger partial charge < -0.3 is 0 Å². The van der Waals surface area contributed by atoms with Crippen molar-refractivity contribution in [1.82, 2.24) is 0 Å². The molecule has 0 radical (unpaired) electrons. The van der Waals surface area contributed by atoms with Gasteiger partial charge in [0.05, 0.1) is 0 Å². The molecular formula is C4H8Cl+. The van der Waals surface area contributed by atoms with Gasteiger partial charge in [-0.15, -0.1) is 0 Å². The molecule has 1 rings (SSSR count). The van der Waals surface area contributed by atoms with Gasteiger partial charge in [0.2, 0.25) is 10.8 Å². The van der Waals surface area contributed by atoms with E-state index in [1.165, 1.54) is 0 Å². The molecule has 0 nitrogen and oxygen atoms in total. The molecule has 0 aromatic carbocycles. The smallest absolute Gasteiger partial charge is 0.00100 e. The van der Waals surface area contributed by atoms with Gasteiger partial charge >= 0.3 is 0 Å². The first-order chi connectivity index (χ1) is 2.30. The van der Waals surface area contributed by atoms with Crippen molar-refractivity contribution < 1.29 is 10.8 Å². The van der Waals surface area contributed by atoms with E-state index in [2.05, 4.69) is 24.6 Å². The van der Waals surface area contributed by atoms with Crippen LogP contribution in [0.3, 0.4) is 0 Å². The molecular weight excluding hydrogens is 83.5 g/mol. The van der Waals surface area contributed by atoms with Crippen LogP contribution in [0.25, 0.3) is 0 Å². The molecule has 0 amide bonds. The zero-order valence-electron chi connectivity index (χ0n) is 3.53. The van der Waals surface area contributed by atoms with E-state index in [9.17, 15) is 0 Å². The maximum absolute atomic E-state index is 2.43. The maximum atomic E-state index is 2.43. The zero-order chi connectivity index (χ0) is 3.86. The minimum atomic E-state index is 0.912. The van der Waals surface area contributed by atoms with Crippen molar-refractivity contribution in [2.24, 2.45) is 0 Å². The van der Waals surface area contributed by atoms with E-state index >= 15 is 0 Å². The van der Waals surface area contributed by atoms with E-state index < -0.39 is 0 Å². The van der Waals surface area contributed by atoms with Crippen molar-refractivity contribution in [2.75, 3.05) is 0 Å². The average molecular weight is 91.6 g/mol. The van der Waals surface area contributed by atoms with Crippen LogP contribution in [0.4, 0.5) is 0 Å². The van der Waals surface area contributed by atoms with Gasteiger partial charge in [0.25, 0.3) is 0 Å². The Kier molecular flexibility index (Phi) is 0.608. The summed E-state index contributed by atoms with van der Waals surface area (Å²) >= 11 is 0. The van der Waals surface area contributed by atoms with Crippen molar-refractivity contribution in [3.05, 3.63) is 0 Å². The molecule has 0 saturated carbocycles. The van der Waals surface area contributed by atoms with Crippen molar-refractivity contribution >= 4 is 0 Å². The lowest BCUT2D eigenvalue weighted by Crippen LogP contribution is -1.74. The largest absolute Gasteiger partial charge is 0.236 e. The fraction of sp³-hybridized carbons (Fsp3) is 1.00.